The van der Waals surface area contributed by atoms with Crippen LogP contribution in [0.4, 0.5) is 4.39 Å². The second-order valence-electron chi connectivity index (χ2n) is 6.86. The molecule has 146 valence electrons. The molecule has 4 rings (SSSR count). The zero-order valence-electron chi connectivity index (χ0n) is 15.2. The first-order valence-electron chi connectivity index (χ1n) is 8.89. The van der Waals surface area contributed by atoms with Crippen molar-refractivity contribution in [2.75, 3.05) is 12.8 Å². The van der Waals surface area contributed by atoms with Gasteiger partial charge in [-0.15, -0.1) is 0 Å². The van der Waals surface area contributed by atoms with Gasteiger partial charge in [-0.05, 0) is 49.2 Å². The number of aromatic nitrogens is 3. The standard InChI is InChI=1S/C19H19FN4O3S/c1-28(25,26)15-7-4-13(5-8-15)12-24-10-2-3-17(24)19-22-18(23-27-19)16-9-6-14(20)11-21-16/h4-9,11,17H,2-3,10,12H2,1H3. The van der Waals surface area contributed by atoms with Crippen molar-refractivity contribution in [3.05, 3.63) is 59.9 Å². The number of rotatable bonds is 5. The van der Waals surface area contributed by atoms with E-state index in [4.69, 9.17) is 4.52 Å². The summed E-state index contributed by atoms with van der Waals surface area (Å²) in [6.45, 7) is 1.53. The van der Waals surface area contributed by atoms with Crippen LogP contribution in [0, 0.1) is 5.82 Å². The van der Waals surface area contributed by atoms with Gasteiger partial charge in [0.1, 0.15) is 11.5 Å². The largest absolute Gasteiger partial charge is 0.337 e. The molecule has 1 saturated heterocycles. The van der Waals surface area contributed by atoms with Crippen molar-refractivity contribution in [3.63, 3.8) is 0 Å². The normalized spacial score (nSPS) is 17.9. The molecule has 0 aliphatic carbocycles. The van der Waals surface area contributed by atoms with Crippen LogP contribution in [0.15, 0.2) is 52.0 Å². The van der Waals surface area contributed by atoms with E-state index in [9.17, 15) is 12.8 Å². The Balaban J connectivity index is 1.50. The van der Waals surface area contributed by atoms with E-state index in [1.165, 1.54) is 18.4 Å². The fraction of sp³-hybridized carbons (Fsp3) is 0.316. The average Bonchev–Trinajstić information content (AvgIpc) is 3.31. The fourth-order valence-electron chi connectivity index (χ4n) is 3.35. The molecule has 1 fully saturated rings. The number of pyridine rings is 1. The van der Waals surface area contributed by atoms with E-state index in [0.717, 1.165) is 31.1 Å². The molecule has 0 radical (unpaired) electrons. The molecule has 3 heterocycles. The van der Waals surface area contributed by atoms with Gasteiger partial charge in [0, 0.05) is 12.8 Å². The maximum atomic E-state index is 13.0. The van der Waals surface area contributed by atoms with Gasteiger partial charge in [0.25, 0.3) is 0 Å². The monoisotopic (exact) mass is 402 g/mol. The second-order valence-corrected chi connectivity index (χ2v) is 8.88. The summed E-state index contributed by atoms with van der Waals surface area (Å²) < 4.78 is 41.7. The summed E-state index contributed by atoms with van der Waals surface area (Å²) in [4.78, 5) is 11.0. The van der Waals surface area contributed by atoms with Crippen molar-refractivity contribution in [2.45, 2.75) is 30.3 Å². The minimum Gasteiger partial charge on any atom is -0.337 e. The summed E-state index contributed by atoms with van der Waals surface area (Å²) in [6, 6.07) is 9.71. The van der Waals surface area contributed by atoms with E-state index in [0.29, 0.717) is 28.8 Å². The number of nitrogens with zero attached hydrogens (tertiary/aromatic N) is 4. The highest BCUT2D eigenvalue weighted by molar-refractivity contribution is 7.90. The minimum absolute atomic E-state index is 0.0173. The molecule has 1 atom stereocenters. The lowest BCUT2D eigenvalue weighted by Crippen LogP contribution is -2.23. The maximum Gasteiger partial charge on any atom is 0.244 e. The molecule has 0 saturated carbocycles. The third-order valence-electron chi connectivity index (χ3n) is 4.78. The van der Waals surface area contributed by atoms with Gasteiger partial charge in [0.05, 0.1) is 17.1 Å². The highest BCUT2D eigenvalue weighted by Crippen LogP contribution is 2.33. The van der Waals surface area contributed by atoms with Crippen LogP contribution in [0.1, 0.15) is 30.3 Å². The molecule has 3 aromatic rings. The molecule has 2 aromatic heterocycles. The molecule has 1 unspecified atom stereocenters. The van der Waals surface area contributed by atoms with Crippen LogP contribution in [-0.2, 0) is 16.4 Å². The molecule has 0 amide bonds. The summed E-state index contributed by atoms with van der Waals surface area (Å²) in [5, 5.41) is 3.98. The smallest absolute Gasteiger partial charge is 0.244 e. The van der Waals surface area contributed by atoms with E-state index < -0.39 is 15.7 Å². The lowest BCUT2D eigenvalue weighted by atomic mass is 10.2. The highest BCUT2D eigenvalue weighted by atomic mass is 32.2. The first kappa shape index (κ1) is 18.7. The molecular formula is C19H19FN4O3S. The summed E-state index contributed by atoms with van der Waals surface area (Å²) in [5.74, 6) is 0.419. The predicted octanol–water partition coefficient (Wildman–Crippen LogP) is 3.01. The lowest BCUT2D eigenvalue weighted by molar-refractivity contribution is 0.201. The van der Waals surface area contributed by atoms with Crippen LogP contribution in [0.3, 0.4) is 0 Å². The van der Waals surface area contributed by atoms with Gasteiger partial charge in [-0.1, -0.05) is 17.3 Å². The Kier molecular flexibility index (Phi) is 4.94. The molecule has 7 nitrogen and oxygen atoms in total. The summed E-state index contributed by atoms with van der Waals surface area (Å²) >= 11 is 0. The maximum absolute atomic E-state index is 13.0. The van der Waals surface area contributed by atoms with E-state index in [2.05, 4.69) is 20.0 Å². The van der Waals surface area contributed by atoms with Crippen molar-refractivity contribution in [2.24, 2.45) is 0 Å². The van der Waals surface area contributed by atoms with Gasteiger partial charge < -0.3 is 4.52 Å². The molecule has 0 bridgehead atoms. The van der Waals surface area contributed by atoms with Crippen molar-refractivity contribution in [3.8, 4) is 11.5 Å². The van der Waals surface area contributed by atoms with Crippen molar-refractivity contribution in [1.29, 1.82) is 0 Å². The van der Waals surface area contributed by atoms with Gasteiger partial charge in [-0.2, -0.15) is 4.98 Å². The van der Waals surface area contributed by atoms with Gasteiger partial charge in [0.15, 0.2) is 9.84 Å². The molecule has 0 spiro atoms. The molecule has 1 aromatic carbocycles. The molecular weight excluding hydrogens is 383 g/mol. The molecule has 0 N–H and O–H groups in total. The zero-order chi connectivity index (χ0) is 19.7. The second kappa shape index (κ2) is 7.40. The Bertz CT molecular complexity index is 1070. The number of hydrogen-bond donors (Lipinski definition) is 0. The van der Waals surface area contributed by atoms with E-state index >= 15 is 0 Å². The Morgan fingerprint density at radius 2 is 2.00 bits per heavy atom. The van der Waals surface area contributed by atoms with Crippen LogP contribution >= 0.6 is 0 Å². The average molecular weight is 402 g/mol. The quantitative estimate of drug-likeness (QED) is 0.648. The number of hydrogen-bond acceptors (Lipinski definition) is 7. The van der Waals surface area contributed by atoms with Gasteiger partial charge >= 0.3 is 0 Å². The van der Waals surface area contributed by atoms with Gasteiger partial charge in [-0.25, -0.2) is 17.8 Å². The Morgan fingerprint density at radius 3 is 2.68 bits per heavy atom. The van der Waals surface area contributed by atoms with Crippen LogP contribution in [0.5, 0.6) is 0 Å². The fourth-order valence-corrected chi connectivity index (χ4v) is 3.98. The lowest BCUT2D eigenvalue weighted by Gasteiger charge is -2.21. The van der Waals surface area contributed by atoms with Crippen LogP contribution in [0.25, 0.3) is 11.5 Å². The minimum atomic E-state index is -3.20. The molecule has 1 aliphatic rings. The third kappa shape index (κ3) is 3.95. The molecule has 28 heavy (non-hydrogen) atoms. The number of benzene rings is 1. The van der Waals surface area contributed by atoms with Crippen LogP contribution in [-0.4, -0.2) is 41.2 Å². The molecule has 1 aliphatic heterocycles. The summed E-state index contributed by atoms with van der Waals surface area (Å²) in [5.41, 5.74) is 1.47. The Labute approximate surface area is 162 Å². The summed E-state index contributed by atoms with van der Waals surface area (Å²) in [6.07, 6.45) is 4.20. The van der Waals surface area contributed by atoms with Crippen molar-refractivity contribution in [1.82, 2.24) is 20.0 Å². The highest BCUT2D eigenvalue weighted by Gasteiger charge is 2.31. The summed E-state index contributed by atoms with van der Waals surface area (Å²) in [7, 11) is -3.20. The number of sulfone groups is 1. The Hall–Kier alpha value is -2.65. The van der Waals surface area contributed by atoms with Crippen LogP contribution in [0.2, 0.25) is 0 Å². The Morgan fingerprint density at radius 1 is 1.21 bits per heavy atom. The first-order valence-corrected chi connectivity index (χ1v) is 10.8. The number of halogens is 1. The molecule has 9 heteroatoms. The van der Waals surface area contributed by atoms with Crippen molar-refractivity contribution >= 4 is 9.84 Å². The third-order valence-corrected chi connectivity index (χ3v) is 5.91. The number of likely N-dealkylation sites (tertiary alicyclic amines) is 1. The predicted molar refractivity (Wildman–Crippen MR) is 99.4 cm³/mol. The van der Waals surface area contributed by atoms with Gasteiger partial charge in [-0.3, -0.25) is 4.90 Å². The first-order chi connectivity index (χ1) is 13.4. The van der Waals surface area contributed by atoms with Crippen molar-refractivity contribution < 1.29 is 17.3 Å². The van der Waals surface area contributed by atoms with Crippen LogP contribution < -0.4 is 0 Å². The zero-order valence-corrected chi connectivity index (χ0v) is 16.1. The van der Waals surface area contributed by atoms with E-state index in [1.54, 1.807) is 12.1 Å². The van der Waals surface area contributed by atoms with E-state index in [-0.39, 0.29) is 6.04 Å². The SMILES string of the molecule is CS(=O)(=O)c1ccc(CN2CCCC2c2nc(-c3ccc(F)cn3)no2)cc1. The van der Waals surface area contributed by atoms with Gasteiger partial charge in [0.2, 0.25) is 11.7 Å². The van der Waals surface area contributed by atoms with E-state index in [1.807, 2.05) is 12.1 Å². The topological polar surface area (TPSA) is 89.2 Å².